The summed E-state index contributed by atoms with van der Waals surface area (Å²) in [6.45, 7) is 3.43. The second-order valence-corrected chi connectivity index (χ2v) is 7.14. The van der Waals surface area contributed by atoms with Crippen molar-refractivity contribution < 1.29 is 4.79 Å². The average Bonchev–Trinajstić information content (AvgIpc) is 3.24. The van der Waals surface area contributed by atoms with Gasteiger partial charge >= 0.3 is 0 Å². The first-order valence-electron chi connectivity index (χ1n) is 9.79. The van der Waals surface area contributed by atoms with Gasteiger partial charge in [0.1, 0.15) is 5.82 Å². The van der Waals surface area contributed by atoms with E-state index in [2.05, 4.69) is 20.3 Å². The molecule has 1 amide bonds. The fourth-order valence-electron chi connectivity index (χ4n) is 3.58. The number of likely N-dealkylation sites (N-methyl/N-ethyl adjacent to an activating group) is 2. The summed E-state index contributed by atoms with van der Waals surface area (Å²) in [4.78, 5) is 21.7. The molecule has 27 heavy (non-hydrogen) atoms. The minimum absolute atomic E-state index is 0.0945. The molecule has 0 radical (unpaired) electrons. The Kier molecular flexibility index (Phi) is 6.81. The summed E-state index contributed by atoms with van der Waals surface area (Å²) >= 11 is 0. The number of nitrogens with one attached hydrogen (secondary N) is 1. The number of hydrogen-bond donors (Lipinski definition) is 1. The number of aryl methyl sites for hydroxylation is 1. The number of carbonyl (C=O) groups excluding carboxylic acids is 1. The predicted molar refractivity (Wildman–Crippen MR) is 107 cm³/mol. The van der Waals surface area contributed by atoms with Crippen LogP contribution >= 0.6 is 0 Å². The van der Waals surface area contributed by atoms with E-state index < -0.39 is 0 Å². The number of aromatic nitrogens is 3. The molecule has 0 spiro atoms. The molecule has 2 aromatic rings. The number of anilines is 1. The molecule has 1 N–H and O–H groups in total. The molecule has 0 aliphatic carbocycles. The number of nitrogens with zero attached hydrogens (tertiary/aromatic N) is 5. The van der Waals surface area contributed by atoms with Gasteiger partial charge in [0.05, 0.1) is 5.56 Å². The van der Waals surface area contributed by atoms with Gasteiger partial charge in [-0.25, -0.2) is 4.98 Å². The number of likely N-dealkylation sites (tertiary alicyclic amines) is 1. The molecule has 146 valence electrons. The summed E-state index contributed by atoms with van der Waals surface area (Å²) < 4.78 is 1.94. The lowest BCUT2D eigenvalue weighted by Gasteiger charge is -2.36. The Labute approximate surface area is 161 Å². The van der Waals surface area contributed by atoms with Crippen molar-refractivity contribution in [1.82, 2.24) is 25.0 Å². The van der Waals surface area contributed by atoms with Crippen molar-refractivity contribution in [2.24, 2.45) is 0 Å². The molecule has 1 saturated heterocycles. The number of rotatable bonds is 8. The third-order valence-corrected chi connectivity index (χ3v) is 5.22. The molecular formula is C20H30N6O. The first-order chi connectivity index (χ1) is 13.2. The molecule has 2 aromatic heterocycles. The van der Waals surface area contributed by atoms with Crippen molar-refractivity contribution >= 4 is 11.7 Å². The number of piperidine rings is 1. The summed E-state index contributed by atoms with van der Waals surface area (Å²) in [6, 6.07) is 6.05. The summed E-state index contributed by atoms with van der Waals surface area (Å²) in [5.41, 5.74) is 0.673. The number of carbonyl (C=O) groups is 1. The van der Waals surface area contributed by atoms with E-state index in [-0.39, 0.29) is 11.9 Å². The van der Waals surface area contributed by atoms with Gasteiger partial charge in [-0.1, -0.05) is 0 Å². The van der Waals surface area contributed by atoms with E-state index in [1.807, 2.05) is 48.1 Å². The highest BCUT2D eigenvalue weighted by Gasteiger charge is 2.27. The molecule has 3 heterocycles. The topological polar surface area (TPSA) is 66.3 Å². The Morgan fingerprint density at radius 2 is 2.26 bits per heavy atom. The van der Waals surface area contributed by atoms with E-state index in [0.29, 0.717) is 5.56 Å². The summed E-state index contributed by atoms with van der Waals surface area (Å²) in [5, 5.41) is 7.40. The van der Waals surface area contributed by atoms with E-state index in [4.69, 9.17) is 0 Å². The quantitative estimate of drug-likeness (QED) is 0.770. The van der Waals surface area contributed by atoms with Crippen molar-refractivity contribution in [2.75, 3.05) is 38.6 Å². The summed E-state index contributed by atoms with van der Waals surface area (Å²) in [6.07, 6.45) is 9.74. The fraction of sp³-hybridized carbons (Fsp3) is 0.550. The minimum atomic E-state index is 0.0945. The molecule has 1 atom stereocenters. The summed E-state index contributed by atoms with van der Waals surface area (Å²) in [5.74, 6) is 0.979. The van der Waals surface area contributed by atoms with Crippen LogP contribution in [0.25, 0.3) is 0 Å². The highest BCUT2D eigenvalue weighted by molar-refractivity contribution is 5.94. The molecule has 7 nitrogen and oxygen atoms in total. The van der Waals surface area contributed by atoms with Crippen molar-refractivity contribution in [2.45, 2.75) is 38.3 Å². The van der Waals surface area contributed by atoms with Gasteiger partial charge < -0.3 is 15.1 Å². The van der Waals surface area contributed by atoms with Gasteiger partial charge in [0, 0.05) is 57.9 Å². The van der Waals surface area contributed by atoms with Crippen LogP contribution in [-0.2, 0) is 6.54 Å². The molecule has 0 aromatic carbocycles. The van der Waals surface area contributed by atoms with Crippen LogP contribution in [0.1, 0.15) is 36.0 Å². The van der Waals surface area contributed by atoms with Crippen molar-refractivity contribution in [3.8, 4) is 0 Å². The van der Waals surface area contributed by atoms with E-state index in [1.54, 1.807) is 12.4 Å². The van der Waals surface area contributed by atoms with Gasteiger partial charge in [0.15, 0.2) is 0 Å². The number of hydrogen-bond acceptors (Lipinski definition) is 5. The Balaban J connectivity index is 1.63. The molecule has 1 fully saturated rings. The maximum Gasteiger partial charge on any atom is 0.255 e. The Morgan fingerprint density at radius 1 is 1.37 bits per heavy atom. The van der Waals surface area contributed by atoms with E-state index in [1.165, 1.54) is 6.42 Å². The molecule has 1 aliphatic heterocycles. The standard InChI is InChI=1S/C20H30N6O/c1-21-11-15-24(2)19-8-7-17(16-22-19)20(27)26-13-4-3-6-18(26)9-14-25-12-5-10-23-25/h5,7-8,10,12,16,18,21H,3-4,6,9,11,13-15H2,1-2H3/t18-/m1/s1. The SMILES string of the molecule is CNCCN(C)c1ccc(C(=O)N2CCCC[C@@H]2CCn2cccn2)cn1. The zero-order chi connectivity index (χ0) is 19.1. The number of amides is 1. The van der Waals surface area contributed by atoms with Crippen molar-refractivity contribution in [3.63, 3.8) is 0 Å². The van der Waals surface area contributed by atoms with Gasteiger partial charge in [-0.3, -0.25) is 9.48 Å². The van der Waals surface area contributed by atoms with Crippen LogP contribution in [0.4, 0.5) is 5.82 Å². The second kappa shape index (κ2) is 9.50. The van der Waals surface area contributed by atoms with Gasteiger partial charge in [0.25, 0.3) is 5.91 Å². The lowest BCUT2D eigenvalue weighted by molar-refractivity contribution is 0.0593. The Bertz CT molecular complexity index is 700. The van der Waals surface area contributed by atoms with E-state index in [9.17, 15) is 4.79 Å². The maximum absolute atomic E-state index is 13.1. The lowest BCUT2D eigenvalue weighted by Crippen LogP contribution is -2.44. The predicted octanol–water partition coefficient (Wildman–Crippen LogP) is 2.02. The van der Waals surface area contributed by atoms with Crippen LogP contribution < -0.4 is 10.2 Å². The Hall–Kier alpha value is -2.41. The lowest BCUT2D eigenvalue weighted by atomic mass is 9.98. The molecular weight excluding hydrogens is 340 g/mol. The van der Waals surface area contributed by atoms with Gasteiger partial charge in [0.2, 0.25) is 0 Å². The van der Waals surface area contributed by atoms with Crippen LogP contribution in [0.3, 0.4) is 0 Å². The van der Waals surface area contributed by atoms with Crippen LogP contribution in [0.2, 0.25) is 0 Å². The Morgan fingerprint density at radius 3 is 2.96 bits per heavy atom. The number of pyridine rings is 1. The minimum Gasteiger partial charge on any atom is -0.358 e. The summed E-state index contributed by atoms with van der Waals surface area (Å²) in [7, 11) is 3.95. The first-order valence-corrected chi connectivity index (χ1v) is 9.79. The maximum atomic E-state index is 13.1. The first kappa shape index (κ1) is 19.4. The van der Waals surface area contributed by atoms with Crippen LogP contribution in [0.5, 0.6) is 0 Å². The van der Waals surface area contributed by atoms with Crippen LogP contribution in [0, 0.1) is 0 Å². The van der Waals surface area contributed by atoms with Gasteiger partial charge in [-0.15, -0.1) is 0 Å². The van der Waals surface area contributed by atoms with Crippen LogP contribution in [0.15, 0.2) is 36.8 Å². The molecule has 7 heteroatoms. The molecule has 3 rings (SSSR count). The van der Waals surface area contributed by atoms with Crippen molar-refractivity contribution in [1.29, 1.82) is 0 Å². The normalized spacial score (nSPS) is 17.1. The largest absolute Gasteiger partial charge is 0.358 e. The average molecular weight is 371 g/mol. The fourth-order valence-corrected chi connectivity index (χ4v) is 3.58. The van der Waals surface area contributed by atoms with Crippen molar-refractivity contribution in [3.05, 3.63) is 42.4 Å². The molecule has 0 unspecified atom stereocenters. The smallest absolute Gasteiger partial charge is 0.255 e. The highest BCUT2D eigenvalue weighted by atomic mass is 16.2. The molecule has 0 saturated carbocycles. The third-order valence-electron chi connectivity index (χ3n) is 5.22. The third kappa shape index (κ3) is 5.07. The molecule has 0 bridgehead atoms. The van der Waals surface area contributed by atoms with Crippen LogP contribution in [-0.4, -0.2) is 65.3 Å². The monoisotopic (exact) mass is 370 g/mol. The van der Waals surface area contributed by atoms with Gasteiger partial charge in [-0.05, 0) is 50.9 Å². The highest BCUT2D eigenvalue weighted by Crippen LogP contribution is 2.23. The molecule has 1 aliphatic rings. The van der Waals surface area contributed by atoms with Gasteiger partial charge in [-0.2, -0.15) is 5.10 Å². The van der Waals surface area contributed by atoms with E-state index in [0.717, 1.165) is 51.3 Å². The van der Waals surface area contributed by atoms with E-state index >= 15 is 0 Å². The zero-order valence-electron chi connectivity index (χ0n) is 16.3. The second-order valence-electron chi connectivity index (χ2n) is 7.14. The zero-order valence-corrected chi connectivity index (χ0v) is 16.3.